The molecule has 3 rings (SSSR count). The van der Waals surface area contributed by atoms with E-state index in [1.807, 2.05) is 6.92 Å². The molecule has 8 heteroatoms. The molecule has 27 heavy (non-hydrogen) atoms. The minimum absolute atomic E-state index is 0.0965. The van der Waals surface area contributed by atoms with Gasteiger partial charge in [0.1, 0.15) is 0 Å². The fourth-order valence-electron chi connectivity index (χ4n) is 2.32. The predicted octanol–water partition coefficient (Wildman–Crippen LogP) is 5.19. The Morgan fingerprint density at radius 3 is 2.56 bits per heavy atom. The summed E-state index contributed by atoms with van der Waals surface area (Å²) >= 11 is 13.1. The zero-order chi connectivity index (χ0) is 19.4. The van der Waals surface area contributed by atoms with Gasteiger partial charge in [-0.25, -0.2) is 4.98 Å². The Hall–Kier alpha value is -2.41. The van der Waals surface area contributed by atoms with E-state index in [-0.39, 0.29) is 18.2 Å². The van der Waals surface area contributed by atoms with Gasteiger partial charge < -0.3 is 5.32 Å². The van der Waals surface area contributed by atoms with Crippen molar-refractivity contribution in [2.45, 2.75) is 13.3 Å². The van der Waals surface area contributed by atoms with Crippen LogP contribution in [0.15, 0.2) is 47.8 Å². The highest BCUT2D eigenvalue weighted by Crippen LogP contribution is 2.23. The lowest BCUT2D eigenvalue weighted by Gasteiger charge is -2.08. The summed E-state index contributed by atoms with van der Waals surface area (Å²) in [5.74, 6) is -0.493. The molecule has 1 heterocycles. The van der Waals surface area contributed by atoms with E-state index in [9.17, 15) is 9.59 Å². The minimum Gasteiger partial charge on any atom is -0.325 e. The van der Waals surface area contributed by atoms with Crippen LogP contribution < -0.4 is 10.6 Å². The van der Waals surface area contributed by atoms with Crippen LogP contribution in [0.25, 0.3) is 0 Å². The topological polar surface area (TPSA) is 71.1 Å². The number of carbonyl (C=O) groups is 2. The largest absolute Gasteiger partial charge is 0.325 e. The van der Waals surface area contributed by atoms with Gasteiger partial charge >= 0.3 is 0 Å². The number of anilines is 2. The van der Waals surface area contributed by atoms with Crippen molar-refractivity contribution in [3.05, 3.63) is 74.7 Å². The monoisotopic (exact) mass is 419 g/mol. The van der Waals surface area contributed by atoms with E-state index in [0.717, 1.165) is 5.56 Å². The van der Waals surface area contributed by atoms with Crippen molar-refractivity contribution < 1.29 is 9.59 Å². The summed E-state index contributed by atoms with van der Waals surface area (Å²) < 4.78 is 0. The Kier molecular flexibility index (Phi) is 6.11. The van der Waals surface area contributed by atoms with Crippen molar-refractivity contribution in [3.8, 4) is 0 Å². The molecule has 0 bridgehead atoms. The Balaban J connectivity index is 1.60. The first-order valence-electron chi connectivity index (χ1n) is 7.98. The highest BCUT2D eigenvalue weighted by Gasteiger charge is 2.12. The van der Waals surface area contributed by atoms with E-state index >= 15 is 0 Å². The second-order valence-electron chi connectivity index (χ2n) is 5.74. The molecule has 0 fully saturated rings. The number of amides is 2. The molecule has 0 unspecified atom stereocenters. The summed E-state index contributed by atoms with van der Waals surface area (Å²) in [4.78, 5) is 28.7. The van der Waals surface area contributed by atoms with Gasteiger partial charge in [-0.05, 0) is 48.9 Å². The van der Waals surface area contributed by atoms with E-state index in [0.29, 0.717) is 32.1 Å². The summed E-state index contributed by atoms with van der Waals surface area (Å²) in [6.07, 6.45) is 0.0965. The molecule has 1 aromatic heterocycles. The van der Waals surface area contributed by atoms with Gasteiger partial charge in [0.15, 0.2) is 5.13 Å². The Morgan fingerprint density at radius 2 is 1.81 bits per heavy atom. The molecular formula is C19H15Cl2N3O2S. The quantitative estimate of drug-likeness (QED) is 0.597. The highest BCUT2D eigenvalue weighted by molar-refractivity contribution is 7.14. The van der Waals surface area contributed by atoms with Crippen LogP contribution in [-0.2, 0) is 11.2 Å². The maximum Gasteiger partial charge on any atom is 0.257 e. The lowest BCUT2D eigenvalue weighted by molar-refractivity contribution is -0.115. The third-order valence-corrected chi connectivity index (χ3v) is 5.23. The van der Waals surface area contributed by atoms with E-state index in [1.165, 1.54) is 11.3 Å². The first-order chi connectivity index (χ1) is 12.9. The third kappa shape index (κ3) is 5.07. The van der Waals surface area contributed by atoms with Gasteiger partial charge in [0.2, 0.25) is 5.91 Å². The smallest absolute Gasteiger partial charge is 0.257 e. The number of benzene rings is 2. The number of halogens is 2. The maximum absolute atomic E-state index is 12.2. The third-order valence-electron chi connectivity index (χ3n) is 3.76. The summed E-state index contributed by atoms with van der Waals surface area (Å²) in [7, 11) is 0. The van der Waals surface area contributed by atoms with Gasteiger partial charge in [-0.15, -0.1) is 11.3 Å². The van der Waals surface area contributed by atoms with E-state index < -0.39 is 0 Å². The Bertz CT molecular complexity index is 987. The van der Waals surface area contributed by atoms with Crippen LogP contribution >= 0.6 is 34.5 Å². The van der Waals surface area contributed by atoms with Gasteiger partial charge in [0, 0.05) is 26.7 Å². The molecule has 0 aliphatic rings. The van der Waals surface area contributed by atoms with E-state index in [2.05, 4.69) is 15.6 Å². The van der Waals surface area contributed by atoms with Gasteiger partial charge in [0.05, 0.1) is 12.1 Å². The van der Waals surface area contributed by atoms with Crippen molar-refractivity contribution >= 4 is 57.2 Å². The maximum atomic E-state index is 12.2. The lowest BCUT2D eigenvalue weighted by Crippen LogP contribution is -2.16. The van der Waals surface area contributed by atoms with Crippen LogP contribution in [0.4, 0.5) is 10.8 Å². The van der Waals surface area contributed by atoms with Crippen molar-refractivity contribution in [1.82, 2.24) is 4.98 Å². The fourth-order valence-corrected chi connectivity index (χ4v) is 3.32. The summed E-state index contributed by atoms with van der Waals surface area (Å²) in [5.41, 5.74) is 2.52. The van der Waals surface area contributed by atoms with Crippen LogP contribution in [0.3, 0.4) is 0 Å². The first kappa shape index (κ1) is 19.4. The number of nitrogens with zero attached hydrogens (tertiary/aromatic N) is 1. The molecule has 2 amide bonds. The van der Waals surface area contributed by atoms with Crippen LogP contribution in [0, 0.1) is 6.92 Å². The normalized spacial score (nSPS) is 10.5. The molecule has 138 valence electrons. The molecule has 0 aliphatic heterocycles. The second kappa shape index (κ2) is 8.52. The molecular weight excluding hydrogens is 405 g/mol. The minimum atomic E-state index is -0.286. The zero-order valence-electron chi connectivity index (χ0n) is 14.3. The SMILES string of the molecule is Cc1c(Cl)cccc1NC(=O)Cc1csc(NC(=O)c2ccc(Cl)cc2)n1. The average molecular weight is 420 g/mol. The van der Waals surface area contributed by atoms with Crippen molar-refractivity contribution in [3.63, 3.8) is 0 Å². The van der Waals surface area contributed by atoms with Gasteiger partial charge in [-0.1, -0.05) is 29.3 Å². The standard InChI is InChI=1S/C19H15Cl2N3O2S/c1-11-15(21)3-2-4-16(11)23-17(25)9-14-10-27-19(22-14)24-18(26)12-5-7-13(20)8-6-12/h2-8,10H,9H2,1H3,(H,23,25)(H,22,24,26). The number of carbonyl (C=O) groups excluding carboxylic acids is 2. The molecule has 0 aliphatic carbocycles. The van der Waals surface area contributed by atoms with Crippen LogP contribution in [0.5, 0.6) is 0 Å². The fraction of sp³-hybridized carbons (Fsp3) is 0.105. The van der Waals surface area contributed by atoms with Gasteiger partial charge in [-0.3, -0.25) is 14.9 Å². The van der Waals surface area contributed by atoms with Crippen LogP contribution in [-0.4, -0.2) is 16.8 Å². The van der Waals surface area contributed by atoms with Crippen molar-refractivity contribution in [2.75, 3.05) is 10.6 Å². The van der Waals surface area contributed by atoms with Crippen LogP contribution in [0.2, 0.25) is 10.0 Å². The van der Waals surface area contributed by atoms with E-state index in [4.69, 9.17) is 23.2 Å². The Morgan fingerprint density at radius 1 is 1.07 bits per heavy atom. The zero-order valence-corrected chi connectivity index (χ0v) is 16.6. The Labute approximate surface area is 170 Å². The molecule has 0 atom stereocenters. The molecule has 3 aromatic rings. The molecule has 0 saturated carbocycles. The number of hydrogen-bond donors (Lipinski definition) is 2. The number of aromatic nitrogens is 1. The molecule has 2 aromatic carbocycles. The molecule has 5 nitrogen and oxygen atoms in total. The summed E-state index contributed by atoms with van der Waals surface area (Å²) in [6, 6.07) is 11.9. The van der Waals surface area contributed by atoms with E-state index in [1.54, 1.807) is 47.8 Å². The average Bonchev–Trinajstić information content (AvgIpc) is 3.06. The number of thiazole rings is 1. The molecule has 0 saturated heterocycles. The number of nitrogens with one attached hydrogen (secondary N) is 2. The summed E-state index contributed by atoms with van der Waals surface area (Å²) in [6.45, 7) is 1.84. The predicted molar refractivity (Wildman–Crippen MR) is 110 cm³/mol. The van der Waals surface area contributed by atoms with Crippen molar-refractivity contribution in [1.29, 1.82) is 0 Å². The number of hydrogen-bond acceptors (Lipinski definition) is 4. The lowest BCUT2D eigenvalue weighted by atomic mass is 10.2. The van der Waals surface area contributed by atoms with Crippen LogP contribution in [0.1, 0.15) is 21.6 Å². The van der Waals surface area contributed by atoms with Crippen molar-refractivity contribution in [2.24, 2.45) is 0 Å². The summed E-state index contributed by atoms with van der Waals surface area (Å²) in [5, 5.41) is 8.85. The first-order valence-corrected chi connectivity index (χ1v) is 9.62. The molecule has 0 spiro atoms. The second-order valence-corrected chi connectivity index (χ2v) is 7.44. The molecule has 0 radical (unpaired) electrons. The van der Waals surface area contributed by atoms with Gasteiger partial charge in [0.25, 0.3) is 5.91 Å². The molecule has 2 N–H and O–H groups in total. The highest BCUT2D eigenvalue weighted by atomic mass is 35.5. The number of rotatable bonds is 5. The van der Waals surface area contributed by atoms with Gasteiger partial charge in [-0.2, -0.15) is 0 Å².